The molecule has 0 radical (unpaired) electrons. The van der Waals surface area contributed by atoms with Gasteiger partial charge in [0.25, 0.3) is 0 Å². The summed E-state index contributed by atoms with van der Waals surface area (Å²) < 4.78 is 6.93. The summed E-state index contributed by atoms with van der Waals surface area (Å²) in [5, 5.41) is 20.5. The zero-order chi connectivity index (χ0) is 21.6. The van der Waals surface area contributed by atoms with Crippen molar-refractivity contribution in [3.8, 4) is 11.6 Å². The number of carbonyl (C=O) groups is 2. The van der Waals surface area contributed by atoms with Crippen molar-refractivity contribution in [1.82, 2.24) is 4.57 Å². The third kappa shape index (κ3) is 6.08. The average Bonchev–Trinajstić information content (AvgIpc) is 2.97. The van der Waals surface area contributed by atoms with E-state index in [0.29, 0.717) is 24.2 Å². The molecule has 0 saturated heterocycles. The quantitative estimate of drug-likeness (QED) is 0.412. The maximum atomic E-state index is 12.7. The van der Waals surface area contributed by atoms with Gasteiger partial charge in [0, 0.05) is 6.42 Å². The lowest BCUT2D eigenvalue weighted by molar-refractivity contribution is -0.0310. The van der Waals surface area contributed by atoms with Gasteiger partial charge in [-0.25, -0.2) is 0 Å². The van der Waals surface area contributed by atoms with Crippen molar-refractivity contribution in [2.75, 3.05) is 6.61 Å². The molecule has 0 bridgehead atoms. The van der Waals surface area contributed by atoms with E-state index < -0.39 is 11.7 Å². The van der Waals surface area contributed by atoms with Gasteiger partial charge >= 0.3 is 0 Å². The predicted octanol–water partition coefficient (Wildman–Crippen LogP) is 5.17. The summed E-state index contributed by atoms with van der Waals surface area (Å²) in [6, 6.07) is 0. The van der Waals surface area contributed by atoms with E-state index in [4.69, 9.17) is 4.74 Å². The molecule has 1 heterocycles. The Morgan fingerprint density at radius 1 is 1.21 bits per heavy atom. The number of unbranched alkanes of at least 4 members (excludes halogenated alkanes) is 3. The number of hydrogen-bond donors (Lipinski definition) is 2. The Morgan fingerprint density at radius 2 is 1.93 bits per heavy atom. The number of ketones is 1. The molecular weight excluding hydrogens is 370 g/mol. The van der Waals surface area contributed by atoms with E-state index in [1.807, 2.05) is 0 Å². The highest BCUT2D eigenvalue weighted by atomic mass is 16.5. The van der Waals surface area contributed by atoms with E-state index in [2.05, 4.69) is 27.7 Å². The number of ether oxygens (including phenoxy) is 1. The Hall–Kier alpha value is -1.82. The lowest BCUT2D eigenvalue weighted by Gasteiger charge is -2.37. The largest absolute Gasteiger partial charge is 0.505 e. The molecule has 0 amide bonds. The lowest BCUT2D eigenvalue weighted by Crippen LogP contribution is -2.35. The van der Waals surface area contributed by atoms with Crippen molar-refractivity contribution in [3.05, 3.63) is 11.8 Å². The molecule has 29 heavy (non-hydrogen) atoms. The maximum Gasteiger partial charge on any atom is 0.233 e. The van der Waals surface area contributed by atoms with Crippen LogP contribution in [0.25, 0.3) is 0 Å². The van der Waals surface area contributed by atoms with Crippen LogP contribution in [0.2, 0.25) is 0 Å². The van der Waals surface area contributed by atoms with Gasteiger partial charge in [-0.1, -0.05) is 53.4 Å². The summed E-state index contributed by atoms with van der Waals surface area (Å²) in [4.78, 5) is 25.0. The number of rotatable bonds is 10. The van der Waals surface area contributed by atoms with Crippen molar-refractivity contribution in [3.63, 3.8) is 0 Å². The van der Waals surface area contributed by atoms with Gasteiger partial charge < -0.3 is 14.9 Å². The number of Topliss-reactive ketones (excluding diaryl/α,β-unsaturated/α-hetero) is 1. The molecule has 6 nitrogen and oxygen atoms in total. The van der Waals surface area contributed by atoms with Crippen LogP contribution in [0.1, 0.15) is 94.2 Å². The lowest BCUT2D eigenvalue weighted by atomic mass is 9.75. The normalized spacial score (nSPS) is 22.2. The van der Waals surface area contributed by atoms with Gasteiger partial charge in [0.05, 0.1) is 12.3 Å². The Morgan fingerprint density at radius 3 is 2.59 bits per heavy atom. The zero-order valence-electron chi connectivity index (χ0n) is 18.3. The highest BCUT2D eigenvalue weighted by Gasteiger charge is 2.33. The first-order chi connectivity index (χ1) is 13.8. The van der Waals surface area contributed by atoms with Gasteiger partial charge in [0.2, 0.25) is 11.8 Å². The molecule has 1 saturated carbocycles. The van der Waals surface area contributed by atoms with Crippen LogP contribution in [0, 0.1) is 17.8 Å². The standard InChI is InChI=1S/C23H37NO5/c1-5-6-7-8-9-21(27)24-13-18(25)22(23(24)28)19(26)14-29-20-12-16(4)10-11-17(20)15(2)3/h13,15-17,20,25,28H,5-12,14H2,1-4H3/t16-,17+,20-/m0/s1. The summed E-state index contributed by atoms with van der Waals surface area (Å²) in [6.45, 7) is 8.41. The summed E-state index contributed by atoms with van der Waals surface area (Å²) in [7, 11) is 0. The van der Waals surface area contributed by atoms with Crippen LogP contribution in [-0.2, 0) is 4.74 Å². The predicted molar refractivity (Wildman–Crippen MR) is 113 cm³/mol. The van der Waals surface area contributed by atoms with Crippen molar-refractivity contribution in [2.24, 2.45) is 17.8 Å². The number of aromatic hydroxyl groups is 2. The van der Waals surface area contributed by atoms with Gasteiger partial charge in [0.15, 0.2) is 5.78 Å². The molecular formula is C23H37NO5. The maximum absolute atomic E-state index is 12.7. The third-order valence-electron chi connectivity index (χ3n) is 6.14. The second-order valence-electron chi connectivity index (χ2n) is 8.89. The number of aromatic nitrogens is 1. The fourth-order valence-corrected chi connectivity index (χ4v) is 4.33. The van der Waals surface area contributed by atoms with Crippen molar-refractivity contribution >= 4 is 11.7 Å². The highest BCUT2D eigenvalue weighted by Crippen LogP contribution is 2.36. The minimum atomic E-state index is -0.502. The van der Waals surface area contributed by atoms with Crippen LogP contribution < -0.4 is 0 Å². The topological polar surface area (TPSA) is 88.8 Å². The van der Waals surface area contributed by atoms with E-state index in [1.165, 1.54) is 6.42 Å². The second kappa shape index (κ2) is 10.8. The average molecular weight is 408 g/mol. The second-order valence-corrected chi connectivity index (χ2v) is 8.89. The molecule has 164 valence electrons. The Balaban J connectivity index is 2.01. The fraction of sp³-hybridized carbons (Fsp3) is 0.739. The van der Waals surface area contributed by atoms with Gasteiger partial charge in [-0.05, 0) is 37.0 Å². The van der Waals surface area contributed by atoms with Crippen LogP contribution in [-0.4, -0.2) is 39.2 Å². The van der Waals surface area contributed by atoms with Crippen LogP contribution in [0.5, 0.6) is 11.6 Å². The van der Waals surface area contributed by atoms with Crippen LogP contribution in [0.3, 0.4) is 0 Å². The first-order valence-electron chi connectivity index (χ1n) is 11.1. The molecule has 0 unspecified atom stereocenters. The first-order valence-corrected chi connectivity index (χ1v) is 11.1. The number of hydrogen-bond acceptors (Lipinski definition) is 5. The molecule has 3 atom stereocenters. The SMILES string of the molecule is CCCCCCC(=O)n1cc(O)c(C(=O)CO[C@H]2C[C@@H](C)CC[C@@H]2C(C)C)c1O. The molecule has 0 aliphatic heterocycles. The van der Waals surface area contributed by atoms with E-state index in [-0.39, 0.29) is 36.4 Å². The van der Waals surface area contributed by atoms with Gasteiger partial charge in [0.1, 0.15) is 17.9 Å². The number of nitrogens with zero attached hydrogens (tertiary/aromatic N) is 1. The van der Waals surface area contributed by atoms with Crippen LogP contribution >= 0.6 is 0 Å². The smallest absolute Gasteiger partial charge is 0.233 e. The molecule has 1 aliphatic carbocycles. The highest BCUT2D eigenvalue weighted by molar-refractivity contribution is 6.03. The van der Waals surface area contributed by atoms with E-state index in [1.54, 1.807) is 0 Å². The van der Waals surface area contributed by atoms with Crippen LogP contribution in [0.4, 0.5) is 0 Å². The van der Waals surface area contributed by atoms with E-state index >= 15 is 0 Å². The summed E-state index contributed by atoms with van der Waals surface area (Å²) in [5.41, 5.74) is -0.225. The summed E-state index contributed by atoms with van der Waals surface area (Å²) in [6.07, 6.45) is 8.32. The monoisotopic (exact) mass is 407 g/mol. The minimum Gasteiger partial charge on any atom is -0.505 e. The van der Waals surface area contributed by atoms with E-state index in [0.717, 1.165) is 42.9 Å². The number of carbonyl (C=O) groups excluding carboxylic acids is 2. The minimum absolute atomic E-state index is 0.00531. The molecule has 1 fully saturated rings. The van der Waals surface area contributed by atoms with Crippen molar-refractivity contribution in [2.45, 2.75) is 85.2 Å². The summed E-state index contributed by atoms with van der Waals surface area (Å²) in [5.74, 6) is -0.276. The Bertz CT molecular complexity index is 694. The van der Waals surface area contributed by atoms with Gasteiger partial charge in [-0.3, -0.25) is 14.2 Å². The molecule has 2 N–H and O–H groups in total. The Labute approximate surface area is 174 Å². The van der Waals surface area contributed by atoms with Crippen molar-refractivity contribution in [1.29, 1.82) is 0 Å². The molecule has 0 aromatic carbocycles. The molecule has 2 rings (SSSR count). The van der Waals surface area contributed by atoms with Gasteiger partial charge in [-0.15, -0.1) is 0 Å². The Kier molecular flexibility index (Phi) is 8.75. The fourth-order valence-electron chi connectivity index (χ4n) is 4.33. The van der Waals surface area contributed by atoms with Gasteiger partial charge in [-0.2, -0.15) is 0 Å². The molecule has 6 heteroatoms. The third-order valence-corrected chi connectivity index (χ3v) is 6.14. The van der Waals surface area contributed by atoms with E-state index in [9.17, 15) is 19.8 Å². The first kappa shape index (κ1) is 23.5. The van der Waals surface area contributed by atoms with Crippen molar-refractivity contribution < 1.29 is 24.5 Å². The molecule has 0 spiro atoms. The zero-order valence-corrected chi connectivity index (χ0v) is 18.3. The molecule has 1 aromatic rings. The van der Waals surface area contributed by atoms with Crippen LogP contribution in [0.15, 0.2) is 6.20 Å². The summed E-state index contributed by atoms with van der Waals surface area (Å²) >= 11 is 0. The molecule has 1 aromatic heterocycles. The molecule has 1 aliphatic rings.